The summed E-state index contributed by atoms with van der Waals surface area (Å²) in [4.78, 5) is -0.0201. The van der Waals surface area contributed by atoms with Crippen LogP contribution in [0.15, 0.2) is 23.1 Å². The first-order chi connectivity index (χ1) is 8.18. The third-order valence-corrected chi connectivity index (χ3v) is 4.37. The van der Waals surface area contributed by atoms with E-state index in [1.54, 1.807) is 0 Å². The first-order valence-corrected chi connectivity index (χ1v) is 7.21. The van der Waals surface area contributed by atoms with E-state index in [9.17, 15) is 12.8 Å². The van der Waals surface area contributed by atoms with Crippen molar-refractivity contribution >= 4 is 15.7 Å². The largest absolute Gasteiger partial charge is 0.396 e. The van der Waals surface area contributed by atoms with Crippen LogP contribution in [-0.4, -0.2) is 15.0 Å². The van der Waals surface area contributed by atoms with Gasteiger partial charge in [-0.2, -0.15) is 0 Å². The lowest BCUT2D eigenvalue weighted by atomic mass is 9.91. The minimum absolute atomic E-state index is 0.0201. The van der Waals surface area contributed by atoms with E-state index >= 15 is 0 Å². The van der Waals surface area contributed by atoms with Crippen molar-refractivity contribution in [2.24, 2.45) is 5.41 Å². The molecular formula is C12H19FN2O2S. The highest BCUT2D eigenvalue weighted by molar-refractivity contribution is 7.89. The van der Waals surface area contributed by atoms with E-state index in [-0.39, 0.29) is 16.0 Å². The zero-order valence-corrected chi connectivity index (χ0v) is 11.6. The van der Waals surface area contributed by atoms with Crippen LogP contribution in [-0.2, 0) is 10.0 Å². The van der Waals surface area contributed by atoms with Crippen LogP contribution in [0.1, 0.15) is 27.2 Å². The van der Waals surface area contributed by atoms with Crippen molar-refractivity contribution < 1.29 is 12.8 Å². The minimum Gasteiger partial charge on any atom is -0.396 e. The summed E-state index contributed by atoms with van der Waals surface area (Å²) >= 11 is 0. The lowest BCUT2D eigenvalue weighted by Gasteiger charge is -2.22. The maximum absolute atomic E-state index is 13.0. The first-order valence-electron chi connectivity index (χ1n) is 5.73. The third kappa shape index (κ3) is 3.68. The van der Waals surface area contributed by atoms with Crippen molar-refractivity contribution in [3.05, 3.63) is 24.0 Å². The lowest BCUT2D eigenvalue weighted by Crippen LogP contribution is -2.33. The summed E-state index contributed by atoms with van der Waals surface area (Å²) in [6.45, 7) is 6.25. The Morgan fingerprint density at radius 3 is 2.50 bits per heavy atom. The van der Waals surface area contributed by atoms with Gasteiger partial charge in [0.15, 0.2) is 0 Å². The topological polar surface area (TPSA) is 72.2 Å². The molecule has 4 nitrogen and oxygen atoms in total. The fraction of sp³-hybridized carbons (Fsp3) is 0.500. The van der Waals surface area contributed by atoms with Crippen LogP contribution in [0.3, 0.4) is 0 Å². The van der Waals surface area contributed by atoms with Crippen LogP contribution in [0, 0.1) is 11.2 Å². The van der Waals surface area contributed by atoms with E-state index < -0.39 is 15.8 Å². The number of anilines is 1. The molecule has 18 heavy (non-hydrogen) atoms. The Hall–Kier alpha value is -1.14. The summed E-state index contributed by atoms with van der Waals surface area (Å²) in [5, 5.41) is 0. The van der Waals surface area contributed by atoms with Gasteiger partial charge in [0.1, 0.15) is 5.82 Å². The Balaban J connectivity index is 2.90. The molecule has 0 bridgehead atoms. The number of nitrogens with two attached hydrogens (primary N) is 1. The van der Waals surface area contributed by atoms with Gasteiger partial charge < -0.3 is 5.73 Å². The molecule has 0 unspecified atom stereocenters. The highest BCUT2D eigenvalue weighted by atomic mass is 32.2. The van der Waals surface area contributed by atoms with Crippen molar-refractivity contribution in [3.63, 3.8) is 0 Å². The van der Waals surface area contributed by atoms with E-state index in [1.165, 1.54) is 6.07 Å². The summed E-state index contributed by atoms with van der Waals surface area (Å²) in [7, 11) is -3.64. The zero-order valence-electron chi connectivity index (χ0n) is 10.8. The van der Waals surface area contributed by atoms with E-state index in [1.807, 2.05) is 20.8 Å². The predicted octanol–water partition coefficient (Wildman–Crippen LogP) is 2.12. The monoisotopic (exact) mass is 274 g/mol. The average Bonchev–Trinajstić information content (AvgIpc) is 2.30. The summed E-state index contributed by atoms with van der Waals surface area (Å²) in [5.41, 5.74) is 5.06. The molecule has 1 aromatic rings. The zero-order chi connectivity index (χ0) is 14.0. The molecule has 0 saturated heterocycles. The number of rotatable bonds is 5. The summed E-state index contributed by atoms with van der Waals surface area (Å²) in [5.74, 6) is -0.622. The molecule has 0 fully saturated rings. The highest BCUT2D eigenvalue weighted by Crippen LogP contribution is 2.20. The fourth-order valence-corrected chi connectivity index (χ4v) is 2.46. The fourth-order valence-electron chi connectivity index (χ4n) is 1.19. The Bertz CT molecular complexity index is 527. The van der Waals surface area contributed by atoms with Gasteiger partial charge in [-0.25, -0.2) is 17.5 Å². The Morgan fingerprint density at radius 1 is 1.39 bits per heavy atom. The molecule has 0 radical (unpaired) electrons. The van der Waals surface area contributed by atoms with Gasteiger partial charge in [-0.1, -0.05) is 20.8 Å². The lowest BCUT2D eigenvalue weighted by molar-refractivity contribution is 0.350. The van der Waals surface area contributed by atoms with Crippen molar-refractivity contribution in [2.45, 2.75) is 32.1 Å². The molecule has 0 spiro atoms. The molecule has 0 aliphatic rings. The van der Waals surface area contributed by atoms with Gasteiger partial charge in [-0.3, -0.25) is 0 Å². The average molecular weight is 274 g/mol. The Labute approximate surface area is 107 Å². The Kier molecular flexibility index (Phi) is 4.34. The van der Waals surface area contributed by atoms with Crippen LogP contribution in [0.25, 0.3) is 0 Å². The van der Waals surface area contributed by atoms with Crippen LogP contribution in [0.4, 0.5) is 10.1 Å². The van der Waals surface area contributed by atoms with Gasteiger partial charge in [0.05, 0.1) is 10.6 Å². The summed E-state index contributed by atoms with van der Waals surface area (Å²) in [6, 6.07) is 3.37. The molecule has 0 amide bonds. The van der Waals surface area contributed by atoms with E-state index in [0.29, 0.717) is 6.54 Å². The van der Waals surface area contributed by atoms with Gasteiger partial charge in [0.2, 0.25) is 10.0 Å². The second kappa shape index (κ2) is 5.24. The van der Waals surface area contributed by atoms with Crippen LogP contribution in [0.2, 0.25) is 0 Å². The first kappa shape index (κ1) is 14.9. The summed E-state index contributed by atoms with van der Waals surface area (Å²) < 4.78 is 39.4. The SMILES string of the molecule is CCC(C)(C)CNS(=O)(=O)c1ccc(F)c(N)c1. The smallest absolute Gasteiger partial charge is 0.240 e. The minimum atomic E-state index is -3.64. The molecule has 102 valence electrons. The number of nitrogens with one attached hydrogen (secondary N) is 1. The molecule has 1 rings (SSSR count). The number of benzene rings is 1. The van der Waals surface area contributed by atoms with E-state index in [2.05, 4.69) is 4.72 Å². The van der Waals surface area contributed by atoms with Gasteiger partial charge in [0, 0.05) is 6.54 Å². The molecule has 0 aliphatic carbocycles. The molecule has 1 aromatic carbocycles. The standard InChI is InChI=1S/C12H19FN2O2S/c1-4-12(2,3)8-15-18(16,17)9-5-6-10(13)11(14)7-9/h5-7,15H,4,8,14H2,1-3H3. The molecule has 6 heteroatoms. The quantitative estimate of drug-likeness (QED) is 0.808. The van der Waals surface area contributed by atoms with Crippen LogP contribution in [0.5, 0.6) is 0 Å². The van der Waals surface area contributed by atoms with E-state index in [0.717, 1.165) is 18.6 Å². The molecule has 0 saturated carbocycles. The van der Waals surface area contributed by atoms with Crippen molar-refractivity contribution in [1.29, 1.82) is 0 Å². The van der Waals surface area contributed by atoms with Crippen molar-refractivity contribution in [2.75, 3.05) is 12.3 Å². The number of sulfonamides is 1. The van der Waals surface area contributed by atoms with Crippen LogP contribution < -0.4 is 10.5 Å². The molecular weight excluding hydrogens is 255 g/mol. The molecule has 0 heterocycles. The number of halogens is 1. The highest BCUT2D eigenvalue weighted by Gasteiger charge is 2.21. The van der Waals surface area contributed by atoms with Crippen molar-refractivity contribution in [1.82, 2.24) is 4.72 Å². The Morgan fingerprint density at radius 2 is 2.00 bits per heavy atom. The normalized spacial score (nSPS) is 12.7. The maximum Gasteiger partial charge on any atom is 0.240 e. The number of hydrogen-bond acceptors (Lipinski definition) is 3. The predicted molar refractivity (Wildman–Crippen MR) is 70.1 cm³/mol. The van der Waals surface area contributed by atoms with E-state index in [4.69, 9.17) is 5.73 Å². The maximum atomic E-state index is 13.0. The van der Waals surface area contributed by atoms with Crippen LogP contribution >= 0.6 is 0 Å². The molecule has 0 atom stereocenters. The van der Waals surface area contributed by atoms with Gasteiger partial charge in [-0.05, 0) is 30.0 Å². The van der Waals surface area contributed by atoms with Gasteiger partial charge >= 0.3 is 0 Å². The molecule has 0 aromatic heterocycles. The van der Waals surface area contributed by atoms with Gasteiger partial charge in [-0.15, -0.1) is 0 Å². The summed E-state index contributed by atoms with van der Waals surface area (Å²) in [6.07, 6.45) is 0.848. The number of hydrogen-bond donors (Lipinski definition) is 2. The van der Waals surface area contributed by atoms with Crippen molar-refractivity contribution in [3.8, 4) is 0 Å². The number of nitrogen functional groups attached to an aromatic ring is 1. The van der Waals surface area contributed by atoms with Gasteiger partial charge in [0.25, 0.3) is 0 Å². The third-order valence-electron chi connectivity index (χ3n) is 2.98. The second-order valence-corrected chi connectivity index (χ2v) is 6.79. The second-order valence-electron chi connectivity index (χ2n) is 5.03. The molecule has 3 N–H and O–H groups in total. The molecule has 0 aliphatic heterocycles.